The van der Waals surface area contributed by atoms with E-state index in [1.807, 2.05) is 44.2 Å². The standard InChI is InChI=1S/C26H28N4O4/c1-17-18(2)30(20-10-6-7-11-20)26(21(17)14-27)29-23(31)16-33-25(32)13-12-24-28-15-22(34-24)19-8-4-3-5-9-19/h3-5,8-9,15,20H,6-7,10-13,16H2,1-2H3,(H,29,31). The minimum absolute atomic E-state index is 0.0438. The molecule has 0 atom stereocenters. The van der Waals surface area contributed by atoms with Crippen molar-refractivity contribution in [2.75, 3.05) is 11.9 Å². The van der Waals surface area contributed by atoms with Gasteiger partial charge in [-0.1, -0.05) is 43.2 Å². The number of nitrogens with zero attached hydrogens (tertiary/aromatic N) is 3. The first-order valence-electron chi connectivity index (χ1n) is 11.5. The number of carbonyl (C=O) groups excluding carboxylic acids is 2. The van der Waals surface area contributed by atoms with E-state index in [4.69, 9.17) is 9.15 Å². The Morgan fingerprint density at radius 2 is 1.97 bits per heavy atom. The van der Waals surface area contributed by atoms with E-state index in [9.17, 15) is 14.9 Å². The highest BCUT2D eigenvalue weighted by atomic mass is 16.5. The van der Waals surface area contributed by atoms with Gasteiger partial charge in [-0.15, -0.1) is 0 Å². The van der Waals surface area contributed by atoms with E-state index >= 15 is 0 Å². The van der Waals surface area contributed by atoms with Crippen LogP contribution in [0.15, 0.2) is 40.9 Å². The van der Waals surface area contributed by atoms with Crippen LogP contribution in [0.2, 0.25) is 0 Å². The number of esters is 1. The van der Waals surface area contributed by atoms with Gasteiger partial charge in [0.2, 0.25) is 0 Å². The summed E-state index contributed by atoms with van der Waals surface area (Å²) in [5, 5.41) is 12.5. The van der Waals surface area contributed by atoms with E-state index in [2.05, 4.69) is 20.9 Å². The maximum atomic E-state index is 12.6. The summed E-state index contributed by atoms with van der Waals surface area (Å²) in [5.41, 5.74) is 3.21. The Hall–Kier alpha value is -3.86. The molecule has 176 valence electrons. The number of ether oxygens (including phenoxy) is 1. The maximum Gasteiger partial charge on any atom is 0.306 e. The lowest BCUT2D eigenvalue weighted by molar-refractivity contribution is -0.147. The fraction of sp³-hybridized carbons (Fsp3) is 0.385. The Morgan fingerprint density at radius 3 is 2.68 bits per heavy atom. The molecule has 2 heterocycles. The second-order valence-corrected chi connectivity index (χ2v) is 8.55. The molecule has 0 unspecified atom stereocenters. The molecule has 8 heteroatoms. The average molecular weight is 461 g/mol. The molecule has 1 amide bonds. The lowest BCUT2D eigenvalue weighted by atomic mass is 10.2. The van der Waals surface area contributed by atoms with Crippen LogP contribution in [-0.2, 0) is 20.7 Å². The second kappa shape index (κ2) is 10.4. The van der Waals surface area contributed by atoms with E-state index < -0.39 is 18.5 Å². The highest BCUT2D eigenvalue weighted by Crippen LogP contribution is 2.37. The van der Waals surface area contributed by atoms with Crippen LogP contribution in [0, 0.1) is 25.2 Å². The molecule has 1 saturated carbocycles. The van der Waals surface area contributed by atoms with Crippen molar-refractivity contribution in [1.29, 1.82) is 5.26 Å². The van der Waals surface area contributed by atoms with E-state index in [-0.39, 0.29) is 18.9 Å². The van der Waals surface area contributed by atoms with E-state index in [0.717, 1.165) is 42.5 Å². The molecule has 8 nitrogen and oxygen atoms in total. The molecule has 4 rings (SSSR count). The van der Waals surface area contributed by atoms with Gasteiger partial charge in [0.15, 0.2) is 18.3 Å². The van der Waals surface area contributed by atoms with Crippen molar-refractivity contribution >= 4 is 17.7 Å². The summed E-state index contributed by atoms with van der Waals surface area (Å²) in [4.78, 5) is 28.9. The summed E-state index contributed by atoms with van der Waals surface area (Å²) in [6, 6.07) is 12.0. The second-order valence-electron chi connectivity index (χ2n) is 8.55. The van der Waals surface area contributed by atoms with Gasteiger partial charge in [0.1, 0.15) is 11.9 Å². The zero-order valence-corrected chi connectivity index (χ0v) is 19.5. The lowest BCUT2D eigenvalue weighted by Crippen LogP contribution is -2.24. The summed E-state index contributed by atoms with van der Waals surface area (Å²) in [6.45, 7) is 3.44. The number of nitrogens with one attached hydrogen (secondary N) is 1. The fourth-order valence-corrected chi connectivity index (χ4v) is 4.46. The summed E-state index contributed by atoms with van der Waals surface area (Å²) in [6.07, 6.45) is 6.24. The molecule has 1 aliphatic rings. The molecule has 0 bridgehead atoms. The number of oxazole rings is 1. The first-order valence-corrected chi connectivity index (χ1v) is 11.5. The minimum Gasteiger partial charge on any atom is -0.456 e. The molecule has 1 N–H and O–H groups in total. The van der Waals surface area contributed by atoms with Crippen LogP contribution in [-0.4, -0.2) is 28.0 Å². The number of hydrogen-bond donors (Lipinski definition) is 1. The number of rotatable bonds is 8. The molecule has 34 heavy (non-hydrogen) atoms. The number of benzene rings is 1. The third kappa shape index (κ3) is 5.04. The van der Waals surface area contributed by atoms with Crippen molar-refractivity contribution in [1.82, 2.24) is 9.55 Å². The van der Waals surface area contributed by atoms with Crippen molar-refractivity contribution in [2.24, 2.45) is 0 Å². The summed E-state index contributed by atoms with van der Waals surface area (Å²) < 4.78 is 12.9. The number of hydrogen-bond acceptors (Lipinski definition) is 6. The zero-order chi connectivity index (χ0) is 24.1. The lowest BCUT2D eigenvalue weighted by Gasteiger charge is -2.19. The summed E-state index contributed by atoms with van der Waals surface area (Å²) in [7, 11) is 0. The van der Waals surface area contributed by atoms with Gasteiger partial charge in [-0.2, -0.15) is 5.26 Å². The molecule has 0 spiro atoms. The number of aryl methyl sites for hydroxylation is 1. The van der Waals surface area contributed by atoms with Gasteiger partial charge in [-0.25, -0.2) is 4.98 Å². The monoisotopic (exact) mass is 460 g/mol. The highest BCUT2D eigenvalue weighted by molar-refractivity contribution is 5.93. The number of amides is 1. The highest BCUT2D eigenvalue weighted by Gasteiger charge is 2.26. The third-order valence-corrected chi connectivity index (χ3v) is 6.34. The van der Waals surface area contributed by atoms with Crippen LogP contribution in [0.25, 0.3) is 11.3 Å². The normalized spacial score (nSPS) is 13.6. The van der Waals surface area contributed by atoms with E-state index in [0.29, 0.717) is 23.0 Å². The van der Waals surface area contributed by atoms with Crippen molar-refractivity contribution in [2.45, 2.75) is 58.4 Å². The fourth-order valence-electron chi connectivity index (χ4n) is 4.46. The van der Waals surface area contributed by atoms with Gasteiger partial charge in [0, 0.05) is 23.7 Å². The Balaban J connectivity index is 1.31. The first kappa shape index (κ1) is 23.3. The van der Waals surface area contributed by atoms with Crippen molar-refractivity contribution in [3.05, 3.63) is 59.2 Å². The third-order valence-electron chi connectivity index (χ3n) is 6.34. The SMILES string of the molecule is Cc1c(C#N)c(NC(=O)COC(=O)CCc2ncc(-c3ccccc3)o2)n(C2CCCC2)c1C. The molecule has 3 aromatic rings. The number of anilines is 1. The molecule has 0 radical (unpaired) electrons. The van der Waals surface area contributed by atoms with Gasteiger partial charge < -0.3 is 19.0 Å². The first-order chi connectivity index (χ1) is 16.5. The zero-order valence-electron chi connectivity index (χ0n) is 19.5. The minimum atomic E-state index is -0.520. The van der Waals surface area contributed by atoms with Crippen LogP contribution in [0.5, 0.6) is 0 Å². The van der Waals surface area contributed by atoms with Gasteiger partial charge in [0.05, 0.1) is 18.2 Å². The number of aromatic nitrogens is 2. The molecular weight excluding hydrogens is 432 g/mol. The van der Waals surface area contributed by atoms with Crippen molar-refractivity contribution in [3.63, 3.8) is 0 Å². The van der Waals surface area contributed by atoms with Gasteiger partial charge >= 0.3 is 5.97 Å². The van der Waals surface area contributed by atoms with Crippen LogP contribution in [0.4, 0.5) is 5.82 Å². The predicted molar refractivity (Wildman–Crippen MR) is 126 cm³/mol. The number of carbonyl (C=O) groups is 2. The molecule has 0 saturated heterocycles. The predicted octanol–water partition coefficient (Wildman–Crippen LogP) is 4.86. The summed E-state index contributed by atoms with van der Waals surface area (Å²) >= 11 is 0. The van der Waals surface area contributed by atoms with Gasteiger partial charge in [0.25, 0.3) is 5.91 Å². The van der Waals surface area contributed by atoms with Gasteiger partial charge in [-0.05, 0) is 32.3 Å². The molecule has 1 aromatic carbocycles. The van der Waals surface area contributed by atoms with Gasteiger partial charge in [-0.3, -0.25) is 9.59 Å². The van der Waals surface area contributed by atoms with Crippen LogP contribution < -0.4 is 5.32 Å². The molecule has 1 aliphatic carbocycles. The molecule has 1 fully saturated rings. The Morgan fingerprint density at radius 1 is 1.24 bits per heavy atom. The van der Waals surface area contributed by atoms with Crippen LogP contribution in [0.1, 0.15) is 60.9 Å². The average Bonchev–Trinajstić information content (AvgIpc) is 3.58. The van der Waals surface area contributed by atoms with E-state index in [1.54, 1.807) is 6.20 Å². The quantitative estimate of drug-likeness (QED) is 0.481. The van der Waals surface area contributed by atoms with E-state index in [1.165, 1.54) is 0 Å². The number of nitriles is 1. The molecular formula is C26H28N4O4. The Bertz CT molecular complexity index is 1210. The maximum absolute atomic E-state index is 12.6. The van der Waals surface area contributed by atoms with Crippen molar-refractivity contribution < 1.29 is 18.7 Å². The summed E-state index contributed by atoms with van der Waals surface area (Å²) in [5.74, 6) is 0.572. The van der Waals surface area contributed by atoms with Crippen LogP contribution >= 0.6 is 0 Å². The Labute approximate surface area is 198 Å². The molecule has 0 aliphatic heterocycles. The van der Waals surface area contributed by atoms with Crippen molar-refractivity contribution in [3.8, 4) is 17.4 Å². The largest absolute Gasteiger partial charge is 0.456 e. The topological polar surface area (TPSA) is 110 Å². The van der Waals surface area contributed by atoms with Crippen LogP contribution in [0.3, 0.4) is 0 Å². The smallest absolute Gasteiger partial charge is 0.306 e. The molecule has 2 aromatic heterocycles. The Kier molecular flexibility index (Phi) is 7.12.